The van der Waals surface area contributed by atoms with E-state index in [9.17, 15) is 4.21 Å². The molecule has 2 N–H and O–H groups in total. The highest BCUT2D eigenvalue weighted by Crippen LogP contribution is 2.27. The molecule has 1 aromatic rings. The molecule has 15 heavy (non-hydrogen) atoms. The van der Waals surface area contributed by atoms with Crippen LogP contribution in [-0.4, -0.2) is 23.1 Å². The third-order valence-corrected chi connectivity index (χ3v) is 5.03. The SMILES string of the molecule is N=S1(=O)CCNCCC1c1ccccc1. The second kappa shape index (κ2) is 4.33. The number of nitrogens with one attached hydrogen (secondary N) is 2. The minimum Gasteiger partial charge on any atom is -0.316 e. The van der Waals surface area contributed by atoms with Crippen molar-refractivity contribution in [2.75, 3.05) is 18.8 Å². The normalized spacial score (nSPS) is 32.1. The molecule has 1 heterocycles. The van der Waals surface area contributed by atoms with Gasteiger partial charge in [0.2, 0.25) is 0 Å². The molecule has 82 valence electrons. The first-order chi connectivity index (χ1) is 7.20. The van der Waals surface area contributed by atoms with E-state index in [4.69, 9.17) is 4.78 Å². The molecule has 2 rings (SSSR count). The summed E-state index contributed by atoms with van der Waals surface area (Å²) in [6, 6.07) is 9.80. The lowest BCUT2D eigenvalue weighted by atomic mass is 10.1. The van der Waals surface area contributed by atoms with Crippen LogP contribution in [0.15, 0.2) is 30.3 Å². The van der Waals surface area contributed by atoms with Crippen molar-refractivity contribution in [3.8, 4) is 0 Å². The van der Waals surface area contributed by atoms with E-state index in [2.05, 4.69) is 5.32 Å². The molecular weight excluding hydrogens is 208 g/mol. The zero-order valence-electron chi connectivity index (χ0n) is 8.61. The monoisotopic (exact) mass is 224 g/mol. The average Bonchev–Trinajstić information content (AvgIpc) is 2.40. The molecule has 0 aliphatic carbocycles. The van der Waals surface area contributed by atoms with Gasteiger partial charge in [-0.15, -0.1) is 0 Å². The van der Waals surface area contributed by atoms with Crippen molar-refractivity contribution in [2.24, 2.45) is 0 Å². The van der Waals surface area contributed by atoms with E-state index in [0.717, 1.165) is 18.5 Å². The first-order valence-corrected chi connectivity index (χ1v) is 7.00. The second-order valence-corrected chi connectivity index (χ2v) is 6.30. The van der Waals surface area contributed by atoms with Crippen LogP contribution < -0.4 is 5.32 Å². The van der Waals surface area contributed by atoms with Crippen molar-refractivity contribution in [2.45, 2.75) is 11.7 Å². The van der Waals surface area contributed by atoms with E-state index < -0.39 is 9.73 Å². The summed E-state index contributed by atoms with van der Waals surface area (Å²) in [5.41, 5.74) is 1.04. The Bertz CT molecular complexity index is 413. The third kappa shape index (κ3) is 2.38. The van der Waals surface area contributed by atoms with Crippen molar-refractivity contribution in [3.05, 3.63) is 35.9 Å². The lowest BCUT2D eigenvalue weighted by Gasteiger charge is -2.17. The maximum atomic E-state index is 12.2. The van der Waals surface area contributed by atoms with Crippen molar-refractivity contribution in [3.63, 3.8) is 0 Å². The summed E-state index contributed by atoms with van der Waals surface area (Å²) in [5.74, 6) is 0.465. The Kier molecular flexibility index (Phi) is 3.07. The Labute approximate surface area is 90.9 Å². The molecule has 0 aromatic heterocycles. The van der Waals surface area contributed by atoms with Gasteiger partial charge in [0.25, 0.3) is 0 Å². The molecule has 0 radical (unpaired) electrons. The molecule has 1 aliphatic heterocycles. The van der Waals surface area contributed by atoms with Crippen LogP contribution in [0.3, 0.4) is 0 Å². The Morgan fingerprint density at radius 3 is 2.73 bits per heavy atom. The molecule has 3 nitrogen and oxygen atoms in total. The number of hydrogen-bond donors (Lipinski definition) is 2. The van der Waals surface area contributed by atoms with E-state index >= 15 is 0 Å². The van der Waals surface area contributed by atoms with Crippen LogP contribution in [0, 0.1) is 4.78 Å². The Morgan fingerprint density at radius 1 is 1.27 bits per heavy atom. The fraction of sp³-hybridized carbons (Fsp3) is 0.455. The molecule has 2 unspecified atom stereocenters. The first-order valence-electron chi connectivity index (χ1n) is 5.21. The van der Waals surface area contributed by atoms with Crippen LogP contribution in [0.2, 0.25) is 0 Å². The summed E-state index contributed by atoms with van der Waals surface area (Å²) in [7, 11) is -2.48. The standard InChI is InChI=1S/C11H16N2OS/c12-15(14)9-8-13-7-6-11(15)10-4-2-1-3-5-10/h1-5,11-13H,6-9H2. The molecule has 1 saturated heterocycles. The Morgan fingerprint density at radius 2 is 2.00 bits per heavy atom. The van der Waals surface area contributed by atoms with Gasteiger partial charge in [0.1, 0.15) is 0 Å². The summed E-state index contributed by atoms with van der Waals surface area (Å²) < 4.78 is 20.1. The van der Waals surface area contributed by atoms with Gasteiger partial charge in [0.15, 0.2) is 0 Å². The third-order valence-electron chi connectivity index (χ3n) is 2.80. The maximum absolute atomic E-state index is 12.2. The van der Waals surface area contributed by atoms with Gasteiger partial charge >= 0.3 is 0 Å². The summed E-state index contributed by atoms with van der Waals surface area (Å²) in [4.78, 5) is 0. The summed E-state index contributed by atoms with van der Waals surface area (Å²) in [6.45, 7) is 1.56. The van der Waals surface area contributed by atoms with Gasteiger partial charge in [-0.2, -0.15) is 0 Å². The fourth-order valence-corrected chi connectivity index (χ4v) is 3.80. The molecule has 0 spiro atoms. The molecule has 4 heteroatoms. The lowest BCUT2D eigenvalue weighted by Crippen LogP contribution is -2.18. The van der Waals surface area contributed by atoms with Crippen molar-refractivity contribution < 1.29 is 4.21 Å². The number of hydrogen-bond acceptors (Lipinski definition) is 3. The highest BCUT2D eigenvalue weighted by Gasteiger charge is 2.24. The molecular formula is C11H16N2OS. The second-order valence-electron chi connectivity index (χ2n) is 3.87. The van der Waals surface area contributed by atoms with E-state index in [1.165, 1.54) is 0 Å². The first kappa shape index (κ1) is 10.6. The minimum absolute atomic E-state index is 0.103. The molecule has 1 aliphatic rings. The van der Waals surface area contributed by atoms with Crippen LogP contribution in [0.1, 0.15) is 17.2 Å². The smallest absolute Gasteiger partial charge is 0.0689 e. The highest BCUT2D eigenvalue weighted by molar-refractivity contribution is 7.92. The van der Waals surface area contributed by atoms with Gasteiger partial charge in [-0.3, -0.25) is 4.78 Å². The maximum Gasteiger partial charge on any atom is 0.0689 e. The van der Waals surface area contributed by atoms with Crippen molar-refractivity contribution in [1.29, 1.82) is 4.78 Å². The fourth-order valence-electron chi connectivity index (χ4n) is 1.97. The van der Waals surface area contributed by atoms with Gasteiger partial charge in [-0.25, -0.2) is 4.21 Å². The van der Waals surface area contributed by atoms with Gasteiger partial charge < -0.3 is 5.32 Å². The number of benzene rings is 1. The van der Waals surface area contributed by atoms with Gasteiger partial charge in [0.05, 0.1) is 15.0 Å². The summed E-state index contributed by atoms with van der Waals surface area (Å²) >= 11 is 0. The van der Waals surface area contributed by atoms with Gasteiger partial charge in [0, 0.05) is 12.3 Å². The number of rotatable bonds is 1. The predicted molar refractivity (Wildman–Crippen MR) is 62.4 cm³/mol. The van der Waals surface area contributed by atoms with Gasteiger partial charge in [-0.05, 0) is 18.5 Å². The zero-order chi connectivity index (χ0) is 10.7. The Balaban J connectivity index is 2.34. The molecule has 0 saturated carbocycles. The summed E-state index contributed by atoms with van der Waals surface area (Å²) in [5, 5.41) is 3.10. The van der Waals surface area contributed by atoms with E-state index in [-0.39, 0.29) is 5.25 Å². The quantitative estimate of drug-likeness (QED) is 0.764. The van der Waals surface area contributed by atoms with E-state index in [1.807, 2.05) is 30.3 Å². The van der Waals surface area contributed by atoms with E-state index in [1.54, 1.807) is 0 Å². The molecule has 0 bridgehead atoms. The lowest BCUT2D eigenvalue weighted by molar-refractivity contribution is 0.655. The van der Waals surface area contributed by atoms with Gasteiger partial charge in [-0.1, -0.05) is 30.3 Å². The summed E-state index contributed by atoms with van der Waals surface area (Å²) in [6.07, 6.45) is 0.798. The highest BCUT2D eigenvalue weighted by atomic mass is 32.2. The molecule has 2 atom stereocenters. The molecule has 0 amide bonds. The topological polar surface area (TPSA) is 53.0 Å². The Hall–Kier alpha value is -0.870. The average molecular weight is 224 g/mol. The molecule has 1 fully saturated rings. The zero-order valence-corrected chi connectivity index (χ0v) is 9.43. The van der Waals surface area contributed by atoms with Crippen LogP contribution in [0.5, 0.6) is 0 Å². The van der Waals surface area contributed by atoms with Crippen molar-refractivity contribution in [1.82, 2.24) is 5.32 Å². The van der Waals surface area contributed by atoms with Crippen molar-refractivity contribution >= 4 is 9.73 Å². The van der Waals surface area contributed by atoms with Crippen LogP contribution in [0.4, 0.5) is 0 Å². The largest absolute Gasteiger partial charge is 0.316 e. The van der Waals surface area contributed by atoms with Crippen LogP contribution >= 0.6 is 0 Å². The van der Waals surface area contributed by atoms with Crippen LogP contribution in [-0.2, 0) is 9.73 Å². The van der Waals surface area contributed by atoms with Crippen LogP contribution in [0.25, 0.3) is 0 Å². The molecule has 1 aromatic carbocycles. The predicted octanol–water partition coefficient (Wildman–Crippen LogP) is 1.77. The minimum atomic E-state index is -2.48. The van der Waals surface area contributed by atoms with E-state index in [0.29, 0.717) is 12.3 Å².